The van der Waals surface area contributed by atoms with E-state index >= 15 is 0 Å². The Morgan fingerprint density at radius 1 is 1.28 bits per heavy atom. The Bertz CT molecular complexity index is 1210. The molecule has 0 amide bonds. The number of aliphatic hydroxyl groups excluding tert-OH is 1. The van der Waals surface area contributed by atoms with Crippen molar-refractivity contribution < 1.29 is 18.6 Å². The fraction of sp³-hybridized carbons (Fsp3) is 0.520. The van der Waals surface area contributed by atoms with Gasteiger partial charge in [-0.05, 0) is 37.0 Å². The number of piperidine rings is 1. The summed E-state index contributed by atoms with van der Waals surface area (Å²) in [5.41, 5.74) is 3.97. The van der Waals surface area contributed by atoms with Crippen molar-refractivity contribution in [2.45, 2.75) is 43.8 Å². The van der Waals surface area contributed by atoms with Gasteiger partial charge in [-0.25, -0.2) is 13.8 Å². The molecule has 0 radical (unpaired) electrons. The molecule has 3 N–H and O–H groups in total. The second-order valence-corrected chi connectivity index (χ2v) is 10.5. The fourth-order valence-corrected chi connectivity index (χ4v) is 5.31. The van der Waals surface area contributed by atoms with Crippen LogP contribution in [0.1, 0.15) is 31.2 Å². The lowest BCUT2D eigenvalue weighted by Crippen LogP contribution is -2.51. The van der Waals surface area contributed by atoms with Gasteiger partial charge in [-0.2, -0.15) is 4.98 Å². The summed E-state index contributed by atoms with van der Waals surface area (Å²) in [6, 6.07) is 6.48. The average molecular weight is 519 g/mol. The Morgan fingerprint density at radius 2 is 2.11 bits per heavy atom. The molecule has 1 saturated carbocycles. The summed E-state index contributed by atoms with van der Waals surface area (Å²) in [6.07, 6.45) is 2.72. The van der Waals surface area contributed by atoms with Crippen LogP contribution in [0.25, 0.3) is 5.70 Å². The number of benzene rings is 1. The highest BCUT2D eigenvalue weighted by Gasteiger charge is 2.43. The third-order valence-electron chi connectivity index (χ3n) is 7.44. The number of fused-ring (bicyclic) bond motifs is 2. The number of ether oxygens (including phenoxy) is 1. The van der Waals surface area contributed by atoms with Crippen LogP contribution in [0, 0.1) is 5.92 Å². The SMILES string of the molecule is CN1CC2=C(N[C@@H](C3CC3)CCO2)c2cc(Nc3nc(N4CCC(F)(F)[C@@H](O)C4)ncc3Cl)ccc21. The number of halogens is 3. The first-order valence-electron chi connectivity index (χ1n) is 12.4. The Balaban J connectivity index is 1.28. The van der Waals surface area contributed by atoms with Crippen LogP contribution in [0.4, 0.5) is 31.9 Å². The van der Waals surface area contributed by atoms with Gasteiger partial charge in [0.25, 0.3) is 5.92 Å². The predicted octanol–water partition coefficient (Wildman–Crippen LogP) is 3.99. The summed E-state index contributed by atoms with van der Waals surface area (Å²) in [4.78, 5) is 12.4. The van der Waals surface area contributed by atoms with Crippen molar-refractivity contribution in [2.75, 3.05) is 48.4 Å². The summed E-state index contributed by atoms with van der Waals surface area (Å²) in [5, 5.41) is 17.2. The van der Waals surface area contributed by atoms with E-state index < -0.39 is 18.4 Å². The fourth-order valence-electron chi connectivity index (χ4n) is 5.17. The second kappa shape index (κ2) is 8.92. The smallest absolute Gasteiger partial charge is 0.276 e. The topological polar surface area (TPSA) is 85.8 Å². The number of nitrogens with one attached hydrogen (secondary N) is 2. The third-order valence-corrected chi connectivity index (χ3v) is 7.71. The molecule has 36 heavy (non-hydrogen) atoms. The van der Waals surface area contributed by atoms with Gasteiger partial charge >= 0.3 is 0 Å². The number of hydrogen-bond donors (Lipinski definition) is 3. The molecule has 192 valence electrons. The van der Waals surface area contributed by atoms with Crippen LogP contribution in [0.5, 0.6) is 0 Å². The van der Waals surface area contributed by atoms with Gasteiger partial charge in [0, 0.05) is 49.4 Å². The van der Waals surface area contributed by atoms with Gasteiger partial charge in [-0.3, -0.25) is 0 Å². The van der Waals surface area contributed by atoms with Gasteiger partial charge in [-0.15, -0.1) is 0 Å². The molecule has 2 atom stereocenters. The van der Waals surface area contributed by atoms with Crippen molar-refractivity contribution in [3.8, 4) is 0 Å². The van der Waals surface area contributed by atoms with Crippen LogP contribution >= 0.6 is 11.6 Å². The van der Waals surface area contributed by atoms with Crippen LogP contribution < -0.4 is 20.4 Å². The number of β-amino-alcohol motifs (C(OH)–C–C–N with tert-alkyl or cyclic N) is 1. The van der Waals surface area contributed by atoms with Crippen LogP contribution in [0.3, 0.4) is 0 Å². The van der Waals surface area contributed by atoms with Gasteiger partial charge in [-0.1, -0.05) is 11.6 Å². The Hall–Kier alpha value is -2.85. The lowest BCUT2D eigenvalue weighted by Gasteiger charge is -2.35. The monoisotopic (exact) mass is 518 g/mol. The molecule has 1 aromatic heterocycles. The first-order valence-corrected chi connectivity index (χ1v) is 12.7. The van der Waals surface area contributed by atoms with Gasteiger partial charge in [0.05, 0.1) is 31.6 Å². The van der Waals surface area contributed by atoms with Crippen molar-refractivity contribution in [3.05, 3.63) is 40.7 Å². The number of nitrogens with zero attached hydrogens (tertiary/aromatic N) is 4. The molecule has 4 aliphatic rings. The minimum absolute atomic E-state index is 0.0427. The van der Waals surface area contributed by atoms with Crippen molar-refractivity contribution in [2.24, 2.45) is 5.92 Å². The minimum atomic E-state index is -3.11. The lowest BCUT2D eigenvalue weighted by molar-refractivity contribution is -0.118. The molecule has 1 aromatic carbocycles. The highest BCUT2D eigenvalue weighted by molar-refractivity contribution is 6.32. The highest BCUT2D eigenvalue weighted by Crippen LogP contribution is 2.41. The first-order chi connectivity index (χ1) is 17.3. The number of anilines is 4. The molecule has 0 bridgehead atoms. The number of rotatable bonds is 4. The van der Waals surface area contributed by atoms with E-state index in [0.29, 0.717) is 36.0 Å². The van der Waals surface area contributed by atoms with E-state index in [-0.39, 0.29) is 19.0 Å². The van der Waals surface area contributed by atoms with E-state index in [9.17, 15) is 13.9 Å². The standard InChI is InChI=1S/C25H29ClF2N6O2/c1-33-12-20-22(31-18(6-9-36-20)14-2-3-14)16-10-15(4-5-19(16)33)30-23-17(26)11-29-24(32-23)34-8-7-25(27,28)21(35)13-34/h4-5,10-11,14,18,21,31,35H,2-3,6-9,12-13H2,1H3,(H,29,30,32)/t18-,21+/m1/s1. The summed E-state index contributed by atoms with van der Waals surface area (Å²) in [7, 11) is 2.05. The Kier molecular flexibility index (Phi) is 5.83. The normalized spacial score (nSPS) is 25.4. The largest absolute Gasteiger partial charge is 0.494 e. The molecule has 1 saturated heterocycles. The zero-order valence-electron chi connectivity index (χ0n) is 20.0. The maximum atomic E-state index is 13.7. The molecular weight excluding hydrogens is 490 g/mol. The number of hydrogen-bond acceptors (Lipinski definition) is 8. The van der Waals surface area contributed by atoms with Crippen LogP contribution in [-0.2, 0) is 4.74 Å². The third kappa shape index (κ3) is 4.41. The molecule has 1 aliphatic carbocycles. The zero-order chi connectivity index (χ0) is 25.0. The molecule has 2 aromatic rings. The van der Waals surface area contributed by atoms with Crippen molar-refractivity contribution >= 4 is 40.4 Å². The maximum Gasteiger partial charge on any atom is 0.276 e. The molecule has 11 heteroatoms. The van der Waals surface area contributed by atoms with E-state index in [1.54, 1.807) is 4.90 Å². The zero-order valence-corrected chi connectivity index (χ0v) is 20.7. The molecule has 4 heterocycles. The van der Waals surface area contributed by atoms with Gasteiger partial charge in [0.1, 0.15) is 16.9 Å². The molecule has 6 rings (SSSR count). The molecule has 0 spiro atoms. The van der Waals surface area contributed by atoms with E-state index in [2.05, 4.69) is 37.6 Å². The van der Waals surface area contributed by atoms with E-state index in [4.69, 9.17) is 16.3 Å². The quantitative estimate of drug-likeness (QED) is 0.560. The van der Waals surface area contributed by atoms with Crippen LogP contribution in [-0.4, -0.2) is 66.4 Å². The van der Waals surface area contributed by atoms with Crippen molar-refractivity contribution in [3.63, 3.8) is 0 Å². The molecule has 2 fully saturated rings. The summed E-state index contributed by atoms with van der Waals surface area (Å²) in [5.74, 6) is -0.843. The number of aliphatic hydroxyl groups is 1. The lowest BCUT2D eigenvalue weighted by atomic mass is 10.0. The van der Waals surface area contributed by atoms with Gasteiger partial charge < -0.3 is 30.3 Å². The molecular formula is C25H29ClF2N6O2. The van der Waals surface area contributed by atoms with E-state index in [1.165, 1.54) is 19.0 Å². The number of alkyl halides is 2. The average Bonchev–Trinajstić information content (AvgIpc) is 3.69. The summed E-state index contributed by atoms with van der Waals surface area (Å²) < 4.78 is 33.6. The molecule has 0 unspecified atom stereocenters. The van der Waals surface area contributed by atoms with Gasteiger partial charge in [0.15, 0.2) is 5.82 Å². The predicted molar refractivity (Wildman–Crippen MR) is 135 cm³/mol. The van der Waals surface area contributed by atoms with Crippen LogP contribution in [0.15, 0.2) is 30.2 Å². The van der Waals surface area contributed by atoms with Gasteiger partial charge in [0.2, 0.25) is 5.95 Å². The molecule has 8 nitrogen and oxygen atoms in total. The summed E-state index contributed by atoms with van der Waals surface area (Å²) in [6.45, 7) is 1.22. The highest BCUT2D eigenvalue weighted by atomic mass is 35.5. The summed E-state index contributed by atoms with van der Waals surface area (Å²) >= 11 is 6.39. The Morgan fingerprint density at radius 3 is 2.89 bits per heavy atom. The van der Waals surface area contributed by atoms with Crippen LogP contribution in [0.2, 0.25) is 5.02 Å². The van der Waals surface area contributed by atoms with Crippen molar-refractivity contribution in [1.82, 2.24) is 15.3 Å². The minimum Gasteiger partial charge on any atom is -0.494 e. The van der Waals surface area contributed by atoms with Crippen molar-refractivity contribution in [1.29, 1.82) is 0 Å². The molecule has 3 aliphatic heterocycles. The number of likely N-dealkylation sites (N-methyl/N-ethyl adjacent to an activating group) is 1. The second-order valence-electron chi connectivity index (χ2n) is 10.1. The first kappa shape index (κ1) is 23.5. The number of aromatic nitrogens is 2. The van der Waals surface area contributed by atoms with E-state index in [0.717, 1.165) is 34.8 Å². The van der Waals surface area contributed by atoms with E-state index in [1.807, 2.05) is 13.1 Å². The maximum absolute atomic E-state index is 13.7. The Labute approximate surface area is 213 Å².